The zero-order chi connectivity index (χ0) is 40.0. The first-order chi connectivity index (χ1) is 24.7. The van der Waals surface area contributed by atoms with Crippen molar-refractivity contribution in [3.63, 3.8) is 0 Å². The van der Waals surface area contributed by atoms with Gasteiger partial charge >= 0.3 is 0 Å². The van der Waals surface area contributed by atoms with Crippen LogP contribution in [0.2, 0.25) is 5.02 Å². The fraction of sp³-hybridized carbons (Fsp3) is 0.362. The van der Waals surface area contributed by atoms with Gasteiger partial charge in [0.1, 0.15) is 23.0 Å². The molecule has 5 N–H and O–H groups in total. The predicted molar refractivity (Wildman–Crippen MR) is 241 cm³/mol. The molecule has 0 atom stereocenters. The molecule has 0 spiro atoms. The zero-order valence-corrected chi connectivity index (χ0v) is 34.1. The van der Waals surface area contributed by atoms with Gasteiger partial charge in [-0.1, -0.05) is 132 Å². The van der Waals surface area contributed by atoms with Gasteiger partial charge in [0, 0.05) is 5.02 Å². The van der Waals surface area contributed by atoms with Gasteiger partial charge < -0.3 is 20.4 Å². The van der Waals surface area contributed by atoms with E-state index in [1.165, 1.54) is 29.3 Å². The van der Waals surface area contributed by atoms with Gasteiger partial charge in [-0.05, 0) is 132 Å². The maximum absolute atomic E-state index is 12.2. The highest BCUT2D eigenvalue weighted by atomic mass is 35.5. The molecule has 7 nitrogen and oxygen atoms in total. The number of phenols is 4. The summed E-state index contributed by atoms with van der Waals surface area (Å²) in [5.74, 6) is 2.46. The lowest BCUT2D eigenvalue weighted by molar-refractivity contribution is 0.464. The summed E-state index contributed by atoms with van der Waals surface area (Å²) in [7, 11) is -3.69. The zero-order valence-electron chi connectivity index (χ0n) is 32.5. The number of rotatable bonds is 7. The van der Waals surface area contributed by atoms with Gasteiger partial charge in [-0.25, -0.2) is 8.42 Å². The number of aromatic hydroxyl groups is 4. The summed E-state index contributed by atoms with van der Waals surface area (Å²) in [5.41, 5.74) is 6.65. The normalized spacial score (nSPS) is 10.3. The van der Waals surface area contributed by atoms with Crippen molar-refractivity contribution < 1.29 is 28.8 Å². The largest absolute Gasteiger partial charge is 0.508 e. The maximum atomic E-state index is 12.2. The minimum absolute atomic E-state index is 0. The summed E-state index contributed by atoms with van der Waals surface area (Å²) < 4.78 is 26.8. The van der Waals surface area contributed by atoms with Crippen LogP contribution in [0.1, 0.15) is 135 Å². The molecule has 0 unspecified atom stereocenters. The van der Waals surface area contributed by atoms with Crippen LogP contribution in [-0.2, 0) is 10.0 Å². The Morgan fingerprint density at radius 2 is 1.09 bits per heavy atom. The molecular weight excluding hydrogens is 742 g/mol. The molecule has 0 aromatic heterocycles. The van der Waals surface area contributed by atoms with E-state index in [9.17, 15) is 28.8 Å². The minimum Gasteiger partial charge on any atom is -0.508 e. The molecule has 0 aliphatic rings. The van der Waals surface area contributed by atoms with Crippen LogP contribution in [0.15, 0.2) is 108 Å². The number of phenolic OH excluding ortho intramolecular Hbond substituents is 4. The summed E-state index contributed by atoms with van der Waals surface area (Å²) in [4.78, 5) is 0.161. The lowest BCUT2D eigenvalue weighted by Crippen LogP contribution is -2.13. The molecular formula is C47H68ClNO6S. The minimum atomic E-state index is -3.69. The molecule has 310 valence electrons. The lowest BCUT2D eigenvalue weighted by atomic mass is 9.98. The smallest absolute Gasteiger partial charge is 0.262 e. The van der Waals surface area contributed by atoms with E-state index < -0.39 is 10.0 Å². The molecule has 0 heterocycles. The van der Waals surface area contributed by atoms with Crippen LogP contribution < -0.4 is 4.72 Å². The molecule has 0 fully saturated rings. The van der Waals surface area contributed by atoms with Crippen molar-refractivity contribution in [1.82, 2.24) is 0 Å². The number of hydrogen-bond acceptors (Lipinski definition) is 6. The molecule has 56 heavy (non-hydrogen) atoms. The Balaban J connectivity index is 0. The Kier molecular flexibility index (Phi) is 23.6. The molecule has 0 aliphatic heterocycles. The van der Waals surface area contributed by atoms with Crippen molar-refractivity contribution in [2.45, 2.75) is 120 Å². The second-order valence-electron chi connectivity index (χ2n) is 14.1. The molecule has 0 radical (unpaired) electrons. The predicted octanol–water partition coefficient (Wildman–Crippen LogP) is 14.0. The molecule has 0 amide bonds. The molecule has 9 heteroatoms. The molecule has 0 bridgehead atoms. The summed E-state index contributed by atoms with van der Waals surface area (Å²) in [6, 6.07) is 29.4. The Labute approximate surface area is 344 Å². The van der Waals surface area contributed by atoms with Crippen molar-refractivity contribution in [1.29, 1.82) is 0 Å². The van der Waals surface area contributed by atoms with Crippen molar-refractivity contribution in [2.24, 2.45) is 0 Å². The van der Waals surface area contributed by atoms with Gasteiger partial charge in [0.05, 0.1) is 10.6 Å². The Morgan fingerprint density at radius 3 is 1.57 bits per heavy atom. The second kappa shape index (κ2) is 24.8. The van der Waals surface area contributed by atoms with Gasteiger partial charge in [0.25, 0.3) is 10.0 Å². The number of aryl methyl sites for hydroxylation is 2. The van der Waals surface area contributed by atoms with Crippen molar-refractivity contribution in [3.05, 3.63) is 142 Å². The van der Waals surface area contributed by atoms with E-state index in [1.54, 1.807) is 60.7 Å². The Hall–Kier alpha value is -4.66. The number of sulfonamides is 1. The average Bonchev–Trinajstić information content (AvgIpc) is 3.08. The first-order valence-corrected chi connectivity index (χ1v) is 19.6. The third kappa shape index (κ3) is 17.0. The number of hydrogen-bond donors (Lipinski definition) is 5. The summed E-state index contributed by atoms with van der Waals surface area (Å²) in [5, 5.41) is 38.5. The van der Waals surface area contributed by atoms with Crippen LogP contribution >= 0.6 is 11.6 Å². The van der Waals surface area contributed by atoms with E-state index in [2.05, 4.69) is 39.3 Å². The topological polar surface area (TPSA) is 127 Å². The van der Waals surface area contributed by atoms with Gasteiger partial charge in [-0.15, -0.1) is 0 Å². The first kappa shape index (κ1) is 53.4. The molecule has 5 aromatic carbocycles. The van der Waals surface area contributed by atoms with Gasteiger partial charge in [0.2, 0.25) is 0 Å². The highest BCUT2D eigenvalue weighted by Gasteiger charge is 2.16. The molecule has 5 rings (SSSR count). The molecule has 0 saturated carbocycles. The number of halogens is 1. The monoisotopic (exact) mass is 809 g/mol. The molecule has 0 aliphatic carbocycles. The average molecular weight is 811 g/mol. The third-order valence-corrected chi connectivity index (χ3v) is 9.91. The fourth-order valence-electron chi connectivity index (χ4n) is 5.18. The summed E-state index contributed by atoms with van der Waals surface area (Å²) in [6.45, 7) is 20.5. The van der Waals surface area contributed by atoms with Crippen LogP contribution in [0.3, 0.4) is 0 Å². The van der Waals surface area contributed by atoms with E-state index in [4.69, 9.17) is 11.6 Å². The van der Waals surface area contributed by atoms with Crippen molar-refractivity contribution in [3.8, 4) is 23.0 Å². The van der Waals surface area contributed by atoms with E-state index >= 15 is 0 Å². The van der Waals surface area contributed by atoms with Crippen LogP contribution in [0.25, 0.3) is 0 Å². The third-order valence-electron chi connectivity index (χ3n) is 8.29. The van der Waals surface area contributed by atoms with Crippen molar-refractivity contribution in [2.75, 3.05) is 4.72 Å². The van der Waals surface area contributed by atoms with Crippen LogP contribution in [0.5, 0.6) is 23.0 Å². The van der Waals surface area contributed by atoms with Crippen LogP contribution in [0, 0.1) is 13.8 Å². The Morgan fingerprint density at radius 1 is 0.536 bits per heavy atom. The first-order valence-electron chi connectivity index (χ1n) is 17.7. The molecule has 5 aromatic rings. The highest BCUT2D eigenvalue weighted by Crippen LogP contribution is 2.30. The maximum Gasteiger partial charge on any atom is 0.262 e. The summed E-state index contributed by atoms with van der Waals surface area (Å²) >= 11 is 5.75. The van der Waals surface area contributed by atoms with Crippen LogP contribution in [-0.4, -0.2) is 28.8 Å². The van der Waals surface area contributed by atoms with E-state index in [0.717, 1.165) is 22.3 Å². The highest BCUT2D eigenvalue weighted by molar-refractivity contribution is 7.92. The van der Waals surface area contributed by atoms with Gasteiger partial charge in [0.15, 0.2) is 0 Å². The van der Waals surface area contributed by atoms with Gasteiger partial charge in [-0.3, -0.25) is 4.72 Å². The number of benzene rings is 5. The molecule has 0 saturated heterocycles. The lowest BCUT2D eigenvalue weighted by Gasteiger charge is -2.12. The van der Waals surface area contributed by atoms with E-state index in [0.29, 0.717) is 40.0 Å². The Bertz CT molecular complexity index is 1950. The number of nitrogens with one attached hydrogen (secondary N) is 1. The van der Waals surface area contributed by atoms with E-state index in [-0.39, 0.29) is 44.5 Å². The van der Waals surface area contributed by atoms with Crippen LogP contribution in [0.4, 0.5) is 5.69 Å². The summed E-state index contributed by atoms with van der Waals surface area (Å²) in [6.07, 6.45) is 0. The SMILES string of the molecule is C.C.C.CC(C)c1cc(Cl)ccc1O.CC(C)c1ccc(O)c(NS(=O)(=O)c2ccccc2)c1.Cc1ccc(C(C)C)c(O)c1.Cc1ccc(O)cc1C(C)C. The van der Waals surface area contributed by atoms with E-state index in [1.807, 2.05) is 58.9 Å². The van der Waals surface area contributed by atoms with Gasteiger partial charge in [-0.2, -0.15) is 0 Å². The number of anilines is 1. The van der Waals surface area contributed by atoms with Crippen molar-refractivity contribution >= 4 is 27.3 Å². The standard InChI is InChI=1S/C15H17NO3S.2C10H14O.C9H11ClO.3CH4/c1-11(2)12-8-9-15(17)14(10-12)16-20(18,19)13-6-4-3-5-7-13;1-7(2)10-6-9(11)5-4-8(10)3;1-7(2)9-5-4-8(3)6-10(9)11;1-6(2)8-5-7(10)3-4-9(8)11;;;/h3-11,16-17H,1-2H3;2*4-7,11H,1-3H3;3-6,11H,1-2H3;3*1H4. The fourth-order valence-corrected chi connectivity index (χ4v) is 6.44. The second-order valence-corrected chi connectivity index (χ2v) is 16.2. The quantitative estimate of drug-likeness (QED) is 0.104.